The Labute approximate surface area is 124 Å². The van der Waals surface area contributed by atoms with Crippen LogP contribution in [0.25, 0.3) is 0 Å². The Hall–Kier alpha value is -0.820. The van der Waals surface area contributed by atoms with Crippen molar-refractivity contribution in [2.24, 2.45) is 5.92 Å². The van der Waals surface area contributed by atoms with Gasteiger partial charge in [0, 0.05) is 0 Å². The van der Waals surface area contributed by atoms with E-state index in [-0.39, 0.29) is 6.10 Å². The van der Waals surface area contributed by atoms with Gasteiger partial charge in [-0.1, -0.05) is 70.2 Å². The highest BCUT2D eigenvalue weighted by atomic mass is 16.3. The lowest BCUT2D eigenvalue weighted by Gasteiger charge is -2.25. The van der Waals surface area contributed by atoms with Crippen LogP contribution in [0.4, 0.5) is 0 Å². The number of rotatable bonds is 4. The molecular weight excluding hydrogens is 244 g/mol. The number of hydrogen-bond acceptors (Lipinski definition) is 1. The summed E-state index contributed by atoms with van der Waals surface area (Å²) >= 11 is 0. The van der Waals surface area contributed by atoms with E-state index in [1.165, 1.54) is 56.9 Å². The van der Waals surface area contributed by atoms with Crippen molar-refractivity contribution in [1.82, 2.24) is 0 Å². The Morgan fingerprint density at radius 1 is 0.950 bits per heavy atom. The highest BCUT2D eigenvalue weighted by Crippen LogP contribution is 2.33. The largest absolute Gasteiger partial charge is 0.388 e. The number of aliphatic hydroxyl groups is 1. The average Bonchev–Trinajstić information content (AvgIpc) is 2.46. The van der Waals surface area contributed by atoms with Gasteiger partial charge < -0.3 is 5.11 Å². The molecule has 1 nitrogen and oxygen atoms in total. The molecule has 0 radical (unpaired) electrons. The summed E-state index contributed by atoms with van der Waals surface area (Å²) in [4.78, 5) is 0. The van der Waals surface area contributed by atoms with E-state index in [4.69, 9.17) is 0 Å². The lowest BCUT2D eigenvalue weighted by molar-refractivity contribution is 0.0912. The quantitative estimate of drug-likeness (QED) is 0.758. The average molecular weight is 274 g/mol. The molecule has 2 rings (SSSR count). The first-order valence-electron chi connectivity index (χ1n) is 8.50. The Morgan fingerprint density at radius 2 is 1.45 bits per heavy atom. The highest BCUT2D eigenvalue weighted by Gasteiger charge is 2.21. The molecule has 2 unspecified atom stereocenters. The summed E-state index contributed by atoms with van der Waals surface area (Å²) in [5.74, 6) is 1.08. The SMILES string of the molecule is CCC(C)c1ccc(C(O)C2CCCCCCC2)cc1. The molecule has 0 spiro atoms. The maximum Gasteiger partial charge on any atom is 0.0818 e. The molecule has 1 fully saturated rings. The highest BCUT2D eigenvalue weighted by molar-refractivity contribution is 5.26. The van der Waals surface area contributed by atoms with E-state index >= 15 is 0 Å². The van der Waals surface area contributed by atoms with Gasteiger partial charge in [-0.05, 0) is 42.2 Å². The van der Waals surface area contributed by atoms with Crippen LogP contribution in [0.5, 0.6) is 0 Å². The monoisotopic (exact) mass is 274 g/mol. The molecular formula is C19H30O. The van der Waals surface area contributed by atoms with Crippen molar-refractivity contribution in [3.8, 4) is 0 Å². The smallest absolute Gasteiger partial charge is 0.0818 e. The van der Waals surface area contributed by atoms with E-state index < -0.39 is 0 Å². The minimum atomic E-state index is -0.265. The van der Waals surface area contributed by atoms with Crippen molar-refractivity contribution in [3.63, 3.8) is 0 Å². The molecule has 0 saturated heterocycles. The third-order valence-electron chi connectivity index (χ3n) is 5.06. The summed E-state index contributed by atoms with van der Waals surface area (Å²) in [5.41, 5.74) is 2.50. The predicted octanol–water partition coefficient (Wildman–Crippen LogP) is 5.59. The minimum absolute atomic E-state index is 0.265. The normalized spacial score (nSPS) is 20.9. The summed E-state index contributed by atoms with van der Waals surface area (Å²) in [7, 11) is 0. The van der Waals surface area contributed by atoms with Crippen LogP contribution in [0, 0.1) is 5.92 Å². The molecule has 0 amide bonds. The summed E-state index contributed by atoms with van der Waals surface area (Å²) in [6, 6.07) is 8.70. The van der Waals surface area contributed by atoms with Crippen LogP contribution in [0.1, 0.15) is 88.4 Å². The zero-order chi connectivity index (χ0) is 14.4. The Balaban J connectivity index is 2.01. The molecule has 1 aliphatic carbocycles. The van der Waals surface area contributed by atoms with E-state index in [9.17, 15) is 5.11 Å². The van der Waals surface area contributed by atoms with Crippen molar-refractivity contribution >= 4 is 0 Å². The van der Waals surface area contributed by atoms with E-state index in [1.807, 2.05) is 0 Å². The zero-order valence-electron chi connectivity index (χ0n) is 13.1. The topological polar surface area (TPSA) is 20.2 Å². The first-order chi connectivity index (χ1) is 9.72. The van der Waals surface area contributed by atoms with E-state index in [2.05, 4.69) is 38.1 Å². The molecule has 1 N–H and O–H groups in total. The van der Waals surface area contributed by atoms with Crippen LogP contribution in [-0.2, 0) is 0 Å². The fourth-order valence-corrected chi connectivity index (χ4v) is 3.33. The van der Waals surface area contributed by atoms with Gasteiger partial charge in [0.25, 0.3) is 0 Å². The first kappa shape index (κ1) is 15.6. The second kappa shape index (κ2) is 7.83. The maximum absolute atomic E-state index is 10.6. The van der Waals surface area contributed by atoms with E-state index in [0.717, 1.165) is 5.56 Å². The first-order valence-corrected chi connectivity index (χ1v) is 8.50. The number of benzene rings is 1. The zero-order valence-corrected chi connectivity index (χ0v) is 13.1. The predicted molar refractivity (Wildman–Crippen MR) is 85.9 cm³/mol. The molecule has 1 heteroatoms. The molecule has 1 aromatic carbocycles. The lowest BCUT2D eigenvalue weighted by Crippen LogP contribution is -2.14. The van der Waals surface area contributed by atoms with Gasteiger partial charge in [-0.3, -0.25) is 0 Å². The molecule has 0 aliphatic heterocycles. The Kier molecular flexibility index (Phi) is 6.09. The molecule has 0 bridgehead atoms. The summed E-state index contributed by atoms with van der Waals surface area (Å²) in [6.07, 6.45) is 9.92. The van der Waals surface area contributed by atoms with E-state index in [1.54, 1.807) is 0 Å². The molecule has 2 atom stereocenters. The van der Waals surface area contributed by atoms with Gasteiger partial charge >= 0.3 is 0 Å². The van der Waals surface area contributed by atoms with Crippen LogP contribution in [0.2, 0.25) is 0 Å². The van der Waals surface area contributed by atoms with Gasteiger partial charge in [-0.2, -0.15) is 0 Å². The molecule has 1 saturated carbocycles. The van der Waals surface area contributed by atoms with Gasteiger partial charge in [-0.25, -0.2) is 0 Å². The maximum atomic E-state index is 10.6. The summed E-state index contributed by atoms with van der Waals surface area (Å²) < 4.78 is 0. The third-order valence-corrected chi connectivity index (χ3v) is 5.06. The lowest BCUT2D eigenvalue weighted by atomic mass is 9.84. The molecule has 1 aromatic rings. The van der Waals surface area contributed by atoms with Gasteiger partial charge in [-0.15, -0.1) is 0 Å². The molecule has 1 aliphatic rings. The van der Waals surface area contributed by atoms with Crippen LogP contribution in [0.3, 0.4) is 0 Å². The van der Waals surface area contributed by atoms with Gasteiger partial charge in [0.15, 0.2) is 0 Å². The van der Waals surface area contributed by atoms with Gasteiger partial charge in [0.1, 0.15) is 0 Å². The summed E-state index contributed by atoms with van der Waals surface area (Å²) in [5, 5.41) is 10.6. The van der Waals surface area contributed by atoms with Crippen LogP contribution in [0.15, 0.2) is 24.3 Å². The van der Waals surface area contributed by atoms with Crippen molar-refractivity contribution in [2.45, 2.75) is 77.2 Å². The fraction of sp³-hybridized carbons (Fsp3) is 0.684. The second-order valence-electron chi connectivity index (χ2n) is 6.53. The number of hydrogen-bond donors (Lipinski definition) is 1. The van der Waals surface area contributed by atoms with Crippen molar-refractivity contribution in [2.75, 3.05) is 0 Å². The van der Waals surface area contributed by atoms with E-state index in [0.29, 0.717) is 11.8 Å². The van der Waals surface area contributed by atoms with Crippen molar-refractivity contribution in [1.29, 1.82) is 0 Å². The molecule has 20 heavy (non-hydrogen) atoms. The van der Waals surface area contributed by atoms with Crippen LogP contribution < -0.4 is 0 Å². The Morgan fingerprint density at radius 3 is 2.00 bits per heavy atom. The van der Waals surface area contributed by atoms with Crippen LogP contribution in [-0.4, -0.2) is 5.11 Å². The van der Waals surface area contributed by atoms with Crippen molar-refractivity contribution < 1.29 is 5.11 Å². The van der Waals surface area contributed by atoms with Gasteiger partial charge in [0.05, 0.1) is 6.10 Å². The second-order valence-corrected chi connectivity index (χ2v) is 6.53. The third kappa shape index (κ3) is 4.09. The minimum Gasteiger partial charge on any atom is -0.388 e. The number of aliphatic hydroxyl groups excluding tert-OH is 1. The standard InChI is InChI=1S/C19H30O/c1-3-15(2)16-11-13-18(14-12-16)19(20)17-9-7-5-4-6-8-10-17/h11-15,17,19-20H,3-10H2,1-2H3. The fourth-order valence-electron chi connectivity index (χ4n) is 3.33. The molecule has 0 aromatic heterocycles. The molecule has 112 valence electrons. The van der Waals surface area contributed by atoms with Gasteiger partial charge in [0.2, 0.25) is 0 Å². The van der Waals surface area contributed by atoms with Crippen molar-refractivity contribution in [3.05, 3.63) is 35.4 Å². The summed E-state index contributed by atoms with van der Waals surface area (Å²) in [6.45, 7) is 4.49. The Bertz CT molecular complexity index is 373. The van der Waals surface area contributed by atoms with Crippen LogP contribution >= 0.6 is 0 Å². The molecule has 0 heterocycles.